The van der Waals surface area contributed by atoms with Crippen molar-refractivity contribution >= 4 is 27.4 Å². The third kappa shape index (κ3) is 3.81. The van der Waals surface area contributed by atoms with E-state index in [9.17, 15) is 13.2 Å². The first kappa shape index (κ1) is 19.0. The van der Waals surface area contributed by atoms with E-state index in [-0.39, 0.29) is 12.1 Å². The number of urea groups is 1. The molecule has 144 valence electrons. The van der Waals surface area contributed by atoms with Crippen molar-refractivity contribution in [3.05, 3.63) is 23.8 Å². The lowest BCUT2D eigenvalue weighted by atomic mass is 10.0. The Labute approximate surface area is 156 Å². The molecule has 0 spiro atoms. The second kappa shape index (κ2) is 7.44. The van der Waals surface area contributed by atoms with Gasteiger partial charge in [0.2, 0.25) is 10.0 Å². The van der Waals surface area contributed by atoms with E-state index in [4.69, 9.17) is 0 Å². The van der Waals surface area contributed by atoms with Crippen LogP contribution in [0.5, 0.6) is 0 Å². The van der Waals surface area contributed by atoms with Crippen molar-refractivity contribution in [2.75, 3.05) is 48.7 Å². The molecule has 2 amide bonds. The summed E-state index contributed by atoms with van der Waals surface area (Å²) in [5, 5.41) is 2.92. The van der Waals surface area contributed by atoms with Gasteiger partial charge in [-0.1, -0.05) is 0 Å². The smallest absolute Gasteiger partial charge is 0.322 e. The number of nitrogens with one attached hydrogen (secondary N) is 1. The molecular formula is C18H28N4O3S. The number of fused-ring (bicyclic) bond motifs is 1. The molecule has 1 aromatic rings. The van der Waals surface area contributed by atoms with Gasteiger partial charge in [-0.15, -0.1) is 0 Å². The monoisotopic (exact) mass is 380 g/mol. The predicted molar refractivity (Wildman–Crippen MR) is 104 cm³/mol. The maximum atomic E-state index is 12.7. The summed E-state index contributed by atoms with van der Waals surface area (Å²) < 4.78 is 25.3. The summed E-state index contributed by atoms with van der Waals surface area (Å²) in [7, 11) is -1.17. The van der Waals surface area contributed by atoms with Crippen LogP contribution in [0.15, 0.2) is 18.2 Å². The normalized spacial score (nSPS) is 18.7. The molecule has 26 heavy (non-hydrogen) atoms. The molecule has 0 radical (unpaired) electrons. The molecule has 7 nitrogen and oxygen atoms in total. The van der Waals surface area contributed by atoms with Gasteiger partial charge in [0.05, 0.1) is 11.9 Å². The van der Waals surface area contributed by atoms with Crippen LogP contribution in [0.1, 0.15) is 25.3 Å². The summed E-state index contributed by atoms with van der Waals surface area (Å²) >= 11 is 0. The maximum absolute atomic E-state index is 12.7. The van der Waals surface area contributed by atoms with Crippen molar-refractivity contribution in [2.24, 2.45) is 0 Å². The van der Waals surface area contributed by atoms with Crippen molar-refractivity contribution in [1.29, 1.82) is 0 Å². The third-order valence-electron chi connectivity index (χ3n) is 5.19. The molecule has 3 rings (SSSR count). The van der Waals surface area contributed by atoms with E-state index in [0.29, 0.717) is 19.5 Å². The van der Waals surface area contributed by atoms with Crippen LogP contribution in [0.3, 0.4) is 0 Å². The average molecular weight is 381 g/mol. The second-order valence-corrected chi connectivity index (χ2v) is 9.04. The van der Waals surface area contributed by atoms with Crippen molar-refractivity contribution in [2.45, 2.75) is 32.2 Å². The van der Waals surface area contributed by atoms with Gasteiger partial charge in [0, 0.05) is 24.8 Å². The number of sulfonamides is 1. The predicted octanol–water partition coefficient (Wildman–Crippen LogP) is 1.64. The van der Waals surface area contributed by atoms with Gasteiger partial charge in [0.1, 0.15) is 0 Å². The highest BCUT2D eigenvalue weighted by atomic mass is 32.2. The molecule has 1 aromatic carbocycles. The summed E-state index contributed by atoms with van der Waals surface area (Å²) in [5.41, 5.74) is 2.56. The summed E-state index contributed by atoms with van der Waals surface area (Å²) in [6.45, 7) is 4.89. The van der Waals surface area contributed by atoms with Gasteiger partial charge in [-0.05, 0) is 70.1 Å². The van der Waals surface area contributed by atoms with E-state index in [1.807, 2.05) is 30.0 Å². The molecule has 2 heterocycles. The number of piperidine rings is 1. The lowest BCUT2D eigenvalue weighted by Gasteiger charge is -2.37. The Morgan fingerprint density at radius 1 is 1.27 bits per heavy atom. The zero-order valence-electron chi connectivity index (χ0n) is 15.7. The van der Waals surface area contributed by atoms with Gasteiger partial charge >= 0.3 is 6.03 Å². The molecule has 0 saturated carbocycles. The van der Waals surface area contributed by atoms with Gasteiger partial charge in [0.25, 0.3) is 0 Å². The molecule has 0 bridgehead atoms. The van der Waals surface area contributed by atoms with Crippen LogP contribution < -0.4 is 14.5 Å². The number of carbonyl (C=O) groups excluding carboxylic acids is 1. The molecule has 8 heteroatoms. The molecule has 2 aliphatic heterocycles. The van der Waals surface area contributed by atoms with Crippen molar-refractivity contribution in [1.82, 2.24) is 10.2 Å². The van der Waals surface area contributed by atoms with Crippen molar-refractivity contribution in [3.63, 3.8) is 0 Å². The summed E-state index contributed by atoms with van der Waals surface area (Å²) in [6, 6.07) is 5.76. The minimum absolute atomic E-state index is 0.0834. The number of rotatable bonds is 4. The Kier molecular flexibility index (Phi) is 5.43. The third-order valence-corrected chi connectivity index (χ3v) is 6.37. The zero-order chi connectivity index (χ0) is 18.9. The standard InChI is InChI=1S/C18H28N4O3S/c1-4-19-18(23)22(15-8-10-20(2)11-9-15)16-5-6-17-14(13-16)7-12-21(17)26(3,24)25/h5-6,13,15H,4,7-12H2,1-3H3,(H,19,23). The molecule has 1 saturated heterocycles. The van der Waals surface area contributed by atoms with Gasteiger partial charge in [0.15, 0.2) is 0 Å². The largest absolute Gasteiger partial charge is 0.338 e. The number of nitrogens with zero attached hydrogens (tertiary/aromatic N) is 3. The SMILES string of the molecule is CCNC(=O)N(c1ccc2c(c1)CCN2S(C)(=O)=O)C1CCN(C)CC1. The highest BCUT2D eigenvalue weighted by Gasteiger charge is 2.31. The lowest BCUT2D eigenvalue weighted by Crippen LogP contribution is -2.50. The second-order valence-electron chi connectivity index (χ2n) is 7.14. The fraction of sp³-hybridized carbons (Fsp3) is 0.611. The van der Waals surface area contributed by atoms with Gasteiger partial charge in [-0.2, -0.15) is 0 Å². The minimum atomic E-state index is -3.27. The molecule has 1 fully saturated rings. The van der Waals surface area contributed by atoms with E-state index >= 15 is 0 Å². The fourth-order valence-corrected chi connectivity index (χ4v) is 4.79. The molecule has 2 aliphatic rings. The van der Waals surface area contributed by atoms with Gasteiger partial charge in [-0.25, -0.2) is 13.2 Å². The molecule has 0 aliphatic carbocycles. The molecule has 0 aromatic heterocycles. The van der Waals surface area contributed by atoms with E-state index in [1.54, 1.807) is 0 Å². The van der Waals surface area contributed by atoms with Crippen LogP contribution in [0.25, 0.3) is 0 Å². The first-order valence-corrected chi connectivity index (χ1v) is 11.0. The molecular weight excluding hydrogens is 352 g/mol. The average Bonchev–Trinajstić information content (AvgIpc) is 3.01. The summed E-state index contributed by atoms with van der Waals surface area (Å²) in [4.78, 5) is 16.9. The zero-order valence-corrected chi connectivity index (χ0v) is 16.6. The lowest BCUT2D eigenvalue weighted by molar-refractivity contribution is 0.227. The highest BCUT2D eigenvalue weighted by molar-refractivity contribution is 7.92. The Balaban J connectivity index is 1.91. The first-order chi connectivity index (χ1) is 12.3. The molecule has 0 unspecified atom stereocenters. The minimum Gasteiger partial charge on any atom is -0.338 e. The van der Waals surface area contributed by atoms with Crippen LogP contribution in [-0.2, 0) is 16.4 Å². The van der Waals surface area contributed by atoms with Crippen molar-refractivity contribution in [3.8, 4) is 0 Å². The summed E-state index contributed by atoms with van der Waals surface area (Å²) in [6.07, 6.45) is 3.77. The number of likely N-dealkylation sites (tertiary alicyclic amines) is 1. The van der Waals surface area contributed by atoms with E-state index in [1.165, 1.54) is 10.6 Å². The quantitative estimate of drug-likeness (QED) is 0.862. The molecule has 0 atom stereocenters. The van der Waals surface area contributed by atoms with Crippen LogP contribution >= 0.6 is 0 Å². The fourth-order valence-electron chi connectivity index (χ4n) is 3.84. The van der Waals surface area contributed by atoms with Crippen LogP contribution in [0.4, 0.5) is 16.2 Å². The topological polar surface area (TPSA) is 73.0 Å². The van der Waals surface area contributed by atoms with E-state index in [0.717, 1.165) is 42.9 Å². The van der Waals surface area contributed by atoms with Gasteiger partial charge < -0.3 is 10.2 Å². The first-order valence-electron chi connectivity index (χ1n) is 9.17. The van der Waals surface area contributed by atoms with Gasteiger partial charge in [-0.3, -0.25) is 9.21 Å². The van der Waals surface area contributed by atoms with E-state index < -0.39 is 10.0 Å². The van der Waals surface area contributed by atoms with Crippen molar-refractivity contribution < 1.29 is 13.2 Å². The Bertz CT molecular complexity index is 773. The van der Waals surface area contributed by atoms with Crippen LogP contribution in [-0.4, -0.2) is 64.9 Å². The molecule has 1 N–H and O–H groups in total. The number of carbonyl (C=O) groups is 1. The highest BCUT2D eigenvalue weighted by Crippen LogP contribution is 2.34. The summed E-state index contributed by atoms with van der Waals surface area (Å²) in [5.74, 6) is 0. The van der Waals surface area contributed by atoms with Crippen LogP contribution in [0, 0.1) is 0 Å². The maximum Gasteiger partial charge on any atom is 0.322 e. The Hall–Kier alpha value is -1.80. The number of benzene rings is 1. The van der Waals surface area contributed by atoms with Crippen LogP contribution in [0.2, 0.25) is 0 Å². The number of hydrogen-bond donors (Lipinski definition) is 1. The Morgan fingerprint density at radius 3 is 2.58 bits per heavy atom. The number of amides is 2. The number of anilines is 2. The number of hydrogen-bond acceptors (Lipinski definition) is 4. The Morgan fingerprint density at radius 2 is 1.96 bits per heavy atom. The van der Waals surface area contributed by atoms with E-state index in [2.05, 4.69) is 17.3 Å².